The number of hydrogen-bond acceptors (Lipinski definition) is 7. The van der Waals surface area contributed by atoms with Crippen LogP contribution in [-0.2, 0) is 14.3 Å². The fourth-order valence-corrected chi connectivity index (χ4v) is 3.61. The highest BCUT2D eigenvalue weighted by atomic mass is 16.6. The van der Waals surface area contributed by atoms with Crippen LogP contribution in [0, 0.1) is 0 Å². The van der Waals surface area contributed by atoms with Gasteiger partial charge in [-0.3, -0.25) is 9.59 Å². The molecule has 218 valence electrons. The molecule has 0 unspecified atom stereocenters. The van der Waals surface area contributed by atoms with E-state index in [2.05, 4.69) is 78.3 Å². The van der Waals surface area contributed by atoms with Gasteiger partial charge in [0.2, 0.25) is 11.8 Å². The van der Waals surface area contributed by atoms with Crippen molar-refractivity contribution < 1.29 is 34.8 Å². The van der Waals surface area contributed by atoms with Crippen molar-refractivity contribution in [3.05, 3.63) is 72.9 Å². The summed E-state index contributed by atoms with van der Waals surface area (Å²) in [4.78, 5) is 24.0. The van der Waals surface area contributed by atoms with E-state index in [0.717, 1.165) is 38.5 Å². The number of ether oxygens (including phenoxy) is 1. The largest absolute Gasteiger partial charge is 0.394 e. The molecule has 0 saturated carbocycles. The minimum atomic E-state index is -1.60. The summed E-state index contributed by atoms with van der Waals surface area (Å²) >= 11 is 0. The average Bonchev–Trinajstić information content (AvgIpc) is 2.93. The molecule has 9 heteroatoms. The third-order valence-electron chi connectivity index (χ3n) is 5.81. The number of aliphatic hydroxyl groups is 4. The fraction of sp³-hybridized carbons (Fsp3) is 0.533. The zero-order chi connectivity index (χ0) is 28.7. The Labute approximate surface area is 232 Å². The Kier molecular flexibility index (Phi) is 19.3. The van der Waals surface area contributed by atoms with Gasteiger partial charge in [-0.15, -0.1) is 0 Å². The second-order valence-corrected chi connectivity index (χ2v) is 9.05. The second-order valence-electron chi connectivity index (χ2n) is 9.05. The molecule has 5 atom stereocenters. The van der Waals surface area contributed by atoms with Crippen LogP contribution in [0.25, 0.3) is 0 Å². The first-order valence-corrected chi connectivity index (χ1v) is 13.7. The molecule has 1 rings (SSSR count). The Morgan fingerprint density at radius 1 is 0.718 bits per heavy atom. The Hall–Kier alpha value is -2.82. The minimum absolute atomic E-state index is 0.212. The van der Waals surface area contributed by atoms with Crippen LogP contribution in [0.3, 0.4) is 0 Å². The number of allylic oxidation sites excluding steroid dienone is 12. The SMILES string of the molecule is CCC=CCC=CCC=CCC=CCC=CCC=CCCC(=O)NCC(=O)N[C@@H]1[C@@H](O)[C@H](O)[C@@H](CO)O[C@H]1O. The summed E-state index contributed by atoms with van der Waals surface area (Å²) in [7, 11) is 0. The molecule has 0 bridgehead atoms. The van der Waals surface area contributed by atoms with Gasteiger partial charge in [0.15, 0.2) is 6.29 Å². The van der Waals surface area contributed by atoms with Crippen molar-refractivity contribution in [3.8, 4) is 0 Å². The molecule has 0 aromatic heterocycles. The Balaban J connectivity index is 2.09. The van der Waals surface area contributed by atoms with Gasteiger partial charge in [0.25, 0.3) is 0 Å². The van der Waals surface area contributed by atoms with Crippen LogP contribution in [0.1, 0.15) is 58.3 Å². The molecule has 6 N–H and O–H groups in total. The molecule has 1 aliphatic heterocycles. The summed E-state index contributed by atoms with van der Waals surface area (Å²) in [5.74, 6) is -0.968. The van der Waals surface area contributed by atoms with E-state index in [1.807, 2.05) is 12.2 Å². The summed E-state index contributed by atoms with van der Waals surface area (Å²) in [5, 5.41) is 43.6. The van der Waals surface area contributed by atoms with Crippen molar-refractivity contribution in [1.29, 1.82) is 0 Å². The maximum absolute atomic E-state index is 12.0. The lowest BCUT2D eigenvalue weighted by Gasteiger charge is -2.40. The van der Waals surface area contributed by atoms with Crippen molar-refractivity contribution in [2.75, 3.05) is 13.2 Å². The van der Waals surface area contributed by atoms with E-state index in [1.165, 1.54) is 0 Å². The van der Waals surface area contributed by atoms with Gasteiger partial charge in [-0.05, 0) is 44.9 Å². The van der Waals surface area contributed by atoms with Crippen molar-refractivity contribution in [2.24, 2.45) is 0 Å². The summed E-state index contributed by atoms with van der Waals surface area (Å²) in [6.45, 7) is 1.19. The third kappa shape index (κ3) is 16.0. The molecule has 9 nitrogen and oxygen atoms in total. The van der Waals surface area contributed by atoms with E-state index < -0.39 is 43.2 Å². The topological polar surface area (TPSA) is 148 Å². The predicted molar refractivity (Wildman–Crippen MR) is 152 cm³/mol. The van der Waals surface area contributed by atoms with E-state index >= 15 is 0 Å². The van der Waals surface area contributed by atoms with Crippen LogP contribution in [0.4, 0.5) is 0 Å². The third-order valence-corrected chi connectivity index (χ3v) is 5.81. The molecule has 0 aromatic rings. The summed E-state index contributed by atoms with van der Waals surface area (Å²) < 4.78 is 4.98. The first-order valence-electron chi connectivity index (χ1n) is 13.7. The molecule has 1 fully saturated rings. The lowest BCUT2D eigenvalue weighted by Crippen LogP contribution is -2.64. The van der Waals surface area contributed by atoms with Gasteiger partial charge in [-0.25, -0.2) is 0 Å². The maximum Gasteiger partial charge on any atom is 0.239 e. The molecular weight excluding hydrogens is 500 g/mol. The Bertz CT molecular complexity index is 863. The van der Waals surface area contributed by atoms with Gasteiger partial charge in [-0.2, -0.15) is 0 Å². The number of carbonyl (C=O) groups excluding carboxylic acids is 2. The highest BCUT2D eigenvalue weighted by Gasteiger charge is 2.44. The molecule has 0 spiro atoms. The van der Waals surface area contributed by atoms with Crippen molar-refractivity contribution in [3.63, 3.8) is 0 Å². The zero-order valence-corrected chi connectivity index (χ0v) is 22.9. The van der Waals surface area contributed by atoms with Crippen LogP contribution < -0.4 is 10.6 Å². The van der Waals surface area contributed by atoms with E-state index in [0.29, 0.717) is 6.42 Å². The van der Waals surface area contributed by atoms with Crippen LogP contribution in [0.15, 0.2) is 72.9 Å². The van der Waals surface area contributed by atoms with Crippen LogP contribution in [-0.4, -0.2) is 76.0 Å². The van der Waals surface area contributed by atoms with E-state index in [1.54, 1.807) is 0 Å². The molecule has 2 amide bonds. The molecule has 0 aliphatic carbocycles. The van der Waals surface area contributed by atoms with E-state index in [4.69, 9.17) is 9.84 Å². The first-order chi connectivity index (χ1) is 18.9. The molecule has 39 heavy (non-hydrogen) atoms. The predicted octanol–water partition coefficient (Wildman–Crippen LogP) is 2.50. The first kappa shape index (κ1) is 34.2. The number of aliphatic hydroxyl groups excluding tert-OH is 4. The Morgan fingerprint density at radius 2 is 1.21 bits per heavy atom. The molecule has 1 aliphatic rings. The van der Waals surface area contributed by atoms with Gasteiger partial charge in [0, 0.05) is 6.42 Å². The number of rotatable bonds is 18. The number of nitrogens with one attached hydrogen (secondary N) is 2. The Morgan fingerprint density at radius 3 is 1.69 bits per heavy atom. The molecule has 0 radical (unpaired) electrons. The number of carbonyl (C=O) groups is 2. The van der Waals surface area contributed by atoms with Gasteiger partial charge in [0.1, 0.15) is 24.4 Å². The summed E-state index contributed by atoms with van der Waals surface area (Å²) in [5.41, 5.74) is 0. The zero-order valence-electron chi connectivity index (χ0n) is 22.9. The van der Waals surface area contributed by atoms with Crippen molar-refractivity contribution >= 4 is 11.8 Å². The summed E-state index contributed by atoms with van der Waals surface area (Å²) in [6.07, 6.45) is 26.0. The highest BCUT2D eigenvalue weighted by molar-refractivity contribution is 5.84. The number of amides is 2. The van der Waals surface area contributed by atoms with Gasteiger partial charge in [-0.1, -0.05) is 79.8 Å². The standard InChI is InChI=1S/C30H46N2O7/c1-2-3-4-5-6-7-8-9-10-11-12-13-14-15-16-17-18-19-20-21-25(34)31-22-26(35)32-27-29(37)28(36)24(23-33)39-30(27)38/h3-4,6-7,9-10,12-13,15-16,18-19,24,27-30,33,36-38H,2,5,8,11,14,17,20-23H2,1H3,(H,31,34)(H,32,35)/t24-,27-,28-,29-,30-/m1/s1. The fourth-order valence-electron chi connectivity index (χ4n) is 3.61. The van der Waals surface area contributed by atoms with Crippen LogP contribution >= 0.6 is 0 Å². The second kappa shape index (κ2) is 22.0. The monoisotopic (exact) mass is 546 g/mol. The molecule has 0 aromatic carbocycles. The van der Waals surface area contributed by atoms with E-state index in [9.17, 15) is 24.9 Å². The van der Waals surface area contributed by atoms with Crippen molar-refractivity contribution in [1.82, 2.24) is 10.6 Å². The lowest BCUT2D eigenvalue weighted by atomic mass is 9.97. The molecule has 1 saturated heterocycles. The quantitative estimate of drug-likeness (QED) is 0.145. The number of hydrogen-bond donors (Lipinski definition) is 6. The molecule has 1 heterocycles. The average molecular weight is 547 g/mol. The molecular formula is C30H46N2O7. The van der Waals surface area contributed by atoms with Gasteiger partial charge in [0.05, 0.1) is 13.2 Å². The summed E-state index contributed by atoms with van der Waals surface area (Å²) in [6, 6.07) is -1.29. The van der Waals surface area contributed by atoms with Crippen LogP contribution in [0.2, 0.25) is 0 Å². The highest BCUT2D eigenvalue weighted by Crippen LogP contribution is 2.19. The van der Waals surface area contributed by atoms with Gasteiger partial charge < -0.3 is 35.8 Å². The van der Waals surface area contributed by atoms with Gasteiger partial charge >= 0.3 is 0 Å². The lowest BCUT2D eigenvalue weighted by molar-refractivity contribution is -0.253. The van der Waals surface area contributed by atoms with Crippen LogP contribution in [0.5, 0.6) is 0 Å². The smallest absolute Gasteiger partial charge is 0.239 e. The van der Waals surface area contributed by atoms with E-state index in [-0.39, 0.29) is 18.9 Å². The normalized spacial score (nSPS) is 24.3. The van der Waals surface area contributed by atoms with Crippen molar-refractivity contribution in [2.45, 2.75) is 88.9 Å². The maximum atomic E-state index is 12.0. The minimum Gasteiger partial charge on any atom is -0.394 e.